The van der Waals surface area contributed by atoms with Gasteiger partial charge in [0, 0.05) is 18.0 Å². The fourth-order valence-electron chi connectivity index (χ4n) is 1.63. The van der Waals surface area contributed by atoms with Gasteiger partial charge >= 0.3 is 0 Å². The molecule has 0 saturated carbocycles. The molecule has 6 nitrogen and oxygen atoms in total. The lowest BCUT2D eigenvalue weighted by molar-refractivity contribution is 0.545. The van der Waals surface area contributed by atoms with Gasteiger partial charge in [-0.05, 0) is 6.92 Å². The highest BCUT2D eigenvalue weighted by Crippen LogP contribution is 2.26. The summed E-state index contributed by atoms with van der Waals surface area (Å²) >= 11 is 6.19. The van der Waals surface area contributed by atoms with Crippen LogP contribution in [0.5, 0.6) is 0 Å². The van der Waals surface area contributed by atoms with Gasteiger partial charge in [-0.25, -0.2) is 9.97 Å². The van der Waals surface area contributed by atoms with Gasteiger partial charge in [0.05, 0.1) is 6.54 Å². The van der Waals surface area contributed by atoms with E-state index in [9.17, 15) is 0 Å². The summed E-state index contributed by atoms with van der Waals surface area (Å²) in [7, 11) is 1.90. The van der Waals surface area contributed by atoms with E-state index >= 15 is 0 Å². The number of halogens is 1. The first-order valence-corrected chi connectivity index (χ1v) is 6.78. The molecule has 0 amide bonds. The maximum absolute atomic E-state index is 6.19. The topological polar surface area (TPSA) is 68.5 Å². The number of anilines is 1. The third kappa shape index (κ3) is 3.07. The van der Waals surface area contributed by atoms with Crippen LogP contribution >= 0.6 is 11.6 Å². The van der Waals surface area contributed by atoms with Crippen LogP contribution in [0.3, 0.4) is 0 Å². The number of hydrogen-bond donors (Lipinski definition) is 1. The van der Waals surface area contributed by atoms with E-state index in [-0.39, 0.29) is 5.41 Å². The summed E-state index contributed by atoms with van der Waals surface area (Å²) in [4.78, 5) is 8.92. The number of aryl methyl sites for hydroxylation is 1. The molecular formula is C13H19ClN6. The molecular weight excluding hydrogens is 276 g/mol. The lowest BCUT2D eigenvalue weighted by Gasteiger charge is -2.19. The summed E-state index contributed by atoms with van der Waals surface area (Å²) in [5, 5.41) is 11.6. The fraction of sp³-hybridized carbons (Fsp3) is 0.538. The maximum Gasteiger partial charge on any atom is 0.151 e. The van der Waals surface area contributed by atoms with Crippen LogP contribution in [0.1, 0.15) is 38.0 Å². The molecule has 0 aliphatic heterocycles. The number of hydrogen-bond acceptors (Lipinski definition) is 5. The second-order valence-electron chi connectivity index (χ2n) is 5.77. The predicted octanol–water partition coefficient (Wildman–Crippen LogP) is 2.48. The maximum atomic E-state index is 6.19. The molecule has 0 atom stereocenters. The monoisotopic (exact) mass is 294 g/mol. The minimum absolute atomic E-state index is 0.154. The highest BCUT2D eigenvalue weighted by molar-refractivity contribution is 6.30. The average Bonchev–Trinajstić information content (AvgIpc) is 2.75. The minimum atomic E-state index is -0.154. The van der Waals surface area contributed by atoms with Crippen LogP contribution in [0.15, 0.2) is 6.33 Å². The summed E-state index contributed by atoms with van der Waals surface area (Å²) in [5.74, 6) is 2.28. The van der Waals surface area contributed by atoms with Crippen LogP contribution in [0.4, 0.5) is 5.82 Å². The zero-order valence-electron chi connectivity index (χ0n) is 12.4. The molecule has 0 radical (unpaired) electrons. The zero-order chi connectivity index (χ0) is 14.9. The van der Waals surface area contributed by atoms with E-state index in [1.165, 1.54) is 0 Å². The van der Waals surface area contributed by atoms with Crippen molar-refractivity contribution in [2.24, 2.45) is 7.05 Å². The summed E-state index contributed by atoms with van der Waals surface area (Å²) < 4.78 is 1.86. The van der Waals surface area contributed by atoms with Gasteiger partial charge in [-0.2, -0.15) is 0 Å². The van der Waals surface area contributed by atoms with Gasteiger partial charge in [0.1, 0.15) is 23.1 Å². The Balaban J connectivity index is 2.27. The molecule has 2 rings (SSSR count). The second-order valence-corrected chi connectivity index (χ2v) is 6.13. The van der Waals surface area contributed by atoms with Crippen molar-refractivity contribution in [3.05, 3.63) is 28.7 Å². The largest absolute Gasteiger partial charge is 0.362 e. The van der Waals surface area contributed by atoms with E-state index < -0.39 is 0 Å². The number of nitrogens with zero attached hydrogens (tertiary/aromatic N) is 5. The molecule has 0 aromatic carbocycles. The normalized spacial score (nSPS) is 11.7. The van der Waals surface area contributed by atoms with Gasteiger partial charge in [0.2, 0.25) is 0 Å². The van der Waals surface area contributed by atoms with Crippen molar-refractivity contribution in [2.75, 3.05) is 5.32 Å². The Bertz CT molecular complexity index is 614. The van der Waals surface area contributed by atoms with Crippen LogP contribution in [-0.4, -0.2) is 24.7 Å². The summed E-state index contributed by atoms with van der Waals surface area (Å²) in [6.07, 6.45) is 1.66. The summed E-state index contributed by atoms with van der Waals surface area (Å²) in [5.41, 5.74) is 0.681. The molecule has 20 heavy (non-hydrogen) atoms. The average molecular weight is 295 g/mol. The lowest BCUT2D eigenvalue weighted by atomic mass is 9.95. The van der Waals surface area contributed by atoms with Gasteiger partial charge in [-0.1, -0.05) is 32.4 Å². The third-order valence-electron chi connectivity index (χ3n) is 2.98. The molecule has 2 aromatic heterocycles. The first kappa shape index (κ1) is 14.7. The summed E-state index contributed by atoms with van der Waals surface area (Å²) in [6, 6.07) is 0. The predicted molar refractivity (Wildman–Crippen MR) is 78.8 cm³/mol. The molecule has 0 bridgehead atoms. The molecule has 2 heterocycles. The standard InChI is InChI=1S/C13H19ClN6/c1-8-10(14)17-12(13(2,3)4)18-11(8)15-6-9-19-16-7-20(9)5/h7H,6H2,1-5H3,(H,15,17,18). The lowest BCUT2D eigenvalue weighted by Crippen LogP contribution is -2.18. The van der Waals surface area contributed by atoms with Crippen LogP contribution in [-0.2, 0) is 19.0 Å². The van der Waals surface area contributed by atoms with E-state index in [4.69, 9.17) is 11.6 Å². The van der Waals surface area contributed by atoms with Gasteiger partial charge in [0.25, 0.3) is 0 Å². The molecule has 0 unspecified atom stereocenters. The van der Waals surface area contributed by atoms with Crippen molar-refractivity contribution < 1.29 is 0 Å². The highest BCUT2D eigenvalue weighted by atomic mass is 35.5. The molecule has 7 heteroatoms. The SMILES string of the molecule is Cc1c(Cl)nc(C(C)(C)C)nc1NCc1nncn1C. The van der Waals surface area contributed by atoms with Crippen LogP contribution in [0, 0.1) is 6.92 Å². The van der Waals surface area contributed by atoms with Crippen molar-refractivity contribution in [1.82, 2.24) is 24.7 Å². The molecule has 1 N–H and O–H groups in total. The van der Waals surface area contributed by atoms with Crippen molar-refractivity contribution in [1.29, 1.82) is 0 Å². The molecule has 0 spiro atoms. The molecule has 0 saturated heterocycles. The van der Waals surface area contributed by atoms with Crippen molar-refractivity contribution in [3.63, 3.8) is 0 Å². The van der Waals surface area contributed by atoms with Gasteiger partial charge < -0.3 is 9.88 Å². The van der Waals surface area contributed by atoms with Gasteiger partial charge in [0.15, 0.2) is 5.82 Å². The minimum Gasteiger partial charge on any atom is -0.362 e. The van der Waals surface area contributed by atoms with Crippen LogP contribution in [0.2, 0.25) is 5.15 Å². The first-order chi connectivity index (χ1) is 9.29. The van der Waals surface area contributed by atoms with Crippen LogP contribution in [0.25, 0.3) is 0 Å². The number of rotatable bonds is 3. The number of nitrogens with one attached hydrogen (secondary N) is 1. The Labute approximate surface area is 123 Å². The van der Waals surface area contributed by atoms with E-state index in [1.54, 1.807) is 6.33 Å². The first-order valence-electron chi connectivity index (χ1n) is 6.40. The molecule has 0 fully saturated rings. The van der Waals surface area contributed by atoms with Crippen molar-refractivity contribution in [2.45, 2.75) is 39.7 Å². The van der Waals surface area contributed by atoms with Gasteiger partial charge in [-0.15, -0.1) is 10.2 Å². The number of aromatic nitrogens is 5. The zero-order valence-corrected chi connectivity index (χ0v) is 13.2. The Morgan fingerprint density at radius 3 is 2.55 bits per heavy atom. The molecule has 0 aliphatic rings. The fourth-order valence-corrected chi connectivity index (χ4v) is 1.80. The second kappa shape index (κ2) is 5.36. The molecule has 108 valence electrons. The highest BCUT2D eigenvalue weighted by Gasteiger charge is 2.20. The van der Waals surface area contributed by atoms with Crippen molar-refractivity contribution in [3.8, 4) is 0 Å². The molecule has 0 aliphatic carbocycles. The summed E-state index contributed by atoms with van der Waals surface area (Å²) in [6.45, 7) is 8.60. The van der Waals surface area contributed by atoms with E-state index in [0.29, 0.717) is 17.5 Å². The van der Waals surface area contributed by atoms with Gasteiger partial charge in [-0.3, -0.25) is 0 Å². The van der Waals surface area contributed by atoms with E-state index in [2.05, 4.69) is 46.3 Å². The Hall–Kier alpha value is -1.69. The third-order valence-corrected chi connectivity index (χ3v) is 3.34. The quantitative estimate of drug-likeness (QED) is 0.881. The van der Waals surface area contributed by atoms with E-state index in [0.717, 1.165) is 17.2 Å². The van der Waals surface area contributed by atoms with E-state index in [1.807, 2.05) is 18.5 Å². The van der Waals surface area contributed by atoms with Crippen molar-refractivity contribution >= 4 is 17.4 Å². The smallest absolute Gasteiger partial charge is 0.151 e. The van der Waals surface area contributed by atoms with Crippen LogP contribution < -0.4 is 5.32 Å². The Morgan fingerprint density at radius 1 is 1.30 bits per heavy atom. The Kier molecular flexibility index (Phi) is 3.94. The molecule has 2 aromatic rings. The Morgan fingerprint density at radius 2 is 2.00 bits per heavy atom.